The minimum atomic E-state index is 0.699. The van der Waals surface area contributed by atoms with Crippen LogP contribution >= 0.6 is 11.3 Å². The van der Waals surface area contributed by atoms with E-state index >= 15 is 0 Å². The van der Waals surface area contributed by atoms with E-state index in [-0.39, 0.29) is 0 Å². The lowest BCUT2D eigenvalue weighted by Gasteiger charge is -1.74. The Labute approximate surface area is 58.3 Å². The molecule has 1 aromatic heterocycles. The van der Waals surface area contributed by atoms with E-state index in [4.69, 9.17) is 0 Å². The lowest BCUT2D eigenvalue weighted by Crippen LogP contribution is -1.66. The molecule has 1 heterocycles. The van der Waals surface area contributed by atoms with E-state index in [1.165, 1.54) is 21.8 Å². The summed E-state index contributed by atoms with van der Waals surface area (Å²) in [5, 5.41) is 0. The van der Waals surface area contributed by atoms with Gasteiger partial charge in [0.2, 0.25) is 0 Å². The zero-order chi connectivity index (χ0) is 6.85. The first kappa shape index (κ1) is 6.40. The van der Waals surface area contributed by atoms with Crippen LogP contribution in [0.4, 0.5) is 0 Å². The summed E-state index contributed by atoms with van der Waals surface area (Å²) in [7, 11) is 0. The lowest BCUT2D eigenvalue weighted by molar-refractivity contribution is 0.563. The highest BCUT2D eigenvalue weighted by molar-refractivity contribution is 7.13. The van der Waals surface area contributed by atoms with Crippen LogP contribution in [0.25, 0.3) is 0 Å². The fourth-order valence-electron chi connectivity index (χ4n) is 0.623. The molecule has 0 aliphatic heterocycles. The molecule has 0 fully saturated rings. The van der Waals surface area contributed by atoms with Gasteiger partial charge in [-0.05, 0) is 13.8 Å². The Morgan fingerprint density at radius 1 is 1.56 bits per heavy atom. The van der Waals surface area contributed by atoms with Crippen molar-refractivity contribution in [2.24, 2.45) is 0 Å². The first-order chi connectivity index (χ1) is 4.24. The SMILES string of the molecule is Cc1cc([C+]=O)sc1C. The van der Waals surface area contributed by atoms with Gasteiger partial charge in [-0.15, -0.1) is 0 Å². The Balaban J connectivity index is 3.11. The van der Waals surface area contributed by atoms with Crippen molar-refractivity contribution >= 4 is 17.6 Å². The Kier molecular flexibility index (Phi) is 1.60. The van der Waals surface area contributed by atoms with Crippen molar-refractivity contribution in [1.29, 1.82) is 0 Å². The van der Waals surface area contributed by atoms with Gasteiger partial charge in [0.25, 0.3) is 4.88 Å². The molecule has 0 atom stereocenters. The Morgan fingerprint density at radius 3 is 2.44 bits per heavy atom. The van der Waals surface area contributed by atoms with Crippen molar-refractivity contribution in [3.05, 3.63) is 21.4 Å². The Bertz CT molecular complexity index is 205. The third-order valence-electron chi connectivity index (χ3n) is 1.27. The van der Waals surface area contributed by atoms with Gasteiger partial charge in [0.1, 0.15) is 6.07 Å². The summed E-state index contributed by atoms with van der Waals surface area (Å²) < 4.78 is 0. The van der Waals surface area contributed by atoms with Gasteiger partial charge >= 0.3 is 6.29 Å². The van der Waals surface area contributed by atoms with E-state index in [1.54, 1.807) is 0 Å². The maximum atomic E-state index is 10.1. The predicted octanol–water partition coefficient (Wildman–Crippen LogP) is 1.82. The quantitative estimate of drug-likeness (QED) is 0.542. The zero-order valence-electron chi connectivity index (χ0n) is 5.39. The van der Waals surface area contributed by atoms with E-state index in [0.29, 0.717) is 4.88 Å². The van der Waals surface area contributed by atoms with Crippen LogP contribution in [0.15, 0.2) is 6.07 Å². The minimum absolute atomic E-state index is 0.699. The van der Waals surface area contributed by atoms with Gasteiger partial charge in [0, 0.05) is 10.4 Å². The van der Waals surface area contributed by atoms with E-state index in [2.05, 4.69) is 0 Å². The molecule has 0 N–H and O–H groups in total. The van der Waals surface area contributed by atoms with Crippen molar-refractivity contribution in [1.82, 2.24) is 0 Å². The molecule has 0 bridgehead atoms. The number of rotatable bonds is 1. The first-order valence-corrected chi connectivity index (χ1v) is 3.51. The average Bonchev–Trinajstić information content (AvgIpc) is 2.13. The minimum Gasteiger partial charge on any atom is -0.0952 e. The van der Waals surface area contributed by atoms with Crippen LogP contribution in [0.3, 0.4) is 0 Å². The molecule has 0 radical (unpaired) electrons. The number of hydrogen-bond donors (Lipinski definition) is 0. The molecule has 46 valence electrons. The molecule has 1 rings (SSSR count). The number of aryl methyl sites for hydroxylation is 2. The predicted molar refractivity (Wildman–Crippen MR) is 38.6 cm³/mol. The van der Waals surface area contributed by atoms with E-state index in [9.17, 15) is 4.79 Å². The molecular weight excluding hydrogens is 132 g/mol. The zero-order valence-corrected chi connectivity index (χ0v) is 6.21. The maximum Gasteiger partial charge on any atom is 0.376 e. The molecule has 0 aliphatic carbocycles. The van der Waals surface area contributed by atoms with Crippen molar-refractivity contribution in [2.75, 3.05) is 0 Å². The maximum absolute atomic E-state index is 10.1. The number of carbonyl (C=O) groups excluding carboxylic acids is 1. The highest BCUT2D eigenvalue weighted by Crippen LogP contribution is 2.17. The van der Waals surface area contributed by atoms with Crippen molar-refractivity contribution < 1.29 is 4.79 Å². The van der Waals surface area contributed by atoms with Gasteiger partial charge in [-0.1, -0.05) is 16.1 Å². The fourth-order valence-corrected chi connectivity index (χ4v) is 1.45. The van der Waals surface area contributed by atoms with Gasteiger partial charge in [0.15, 0.2) is 0 Å². The molecule has 1 nitrogen and oxygen atoms in total. The van der Waals surface area contributed by atoms with E-state index in [0.717, 1.165) is 0 Å². The molecule has 0 aliphatic rings. The van der Waals surface area contributed by atoms with Crippen LogP contribution in [0.2, 0.25) is 0 Å². The molecule has 2 heteroatoms. The second kappa shape index (κ2) is 2.26. The van der Waals surface area contributed by atoms with Crippen LogP contribution in [0.1, 0.15) is 15.3 Å². The van der Waals surface area contributed by atoms with Crippen LogP contribution in [-0.4, -0.2) is 6.29 Å². The van der Waals surface area contributed by atoms with Crippen LogP contribution in [0.5, 0.6) is 0 Å². The van der Waals surface area contributed by atoms with Gasteiger partial charge in [-0.3, -0.25) is 0 Å². The van der Waals surface area contributed by atoms with Crippen LogP contribution in [0, 0.1) is 13.8 Å². The average molecular weight is 139 g/mol. The molecule has 0 unspecified atom stereocenters. The molecule has 9 heavy (non-hydrogen) atoms. The number of thiophene rings is 1. The van der Waals surface area contributed by atoms with Gasteiger partial charge in [-0.25, -0.2) is 0 Å². The fraction of sp³-hybridized carbons (Fsp3) is 0.286. The third-order valence-corrected chi connectivity index (χ3v) is 2.32. The molecule has 0 aromatic carbocycles. The van der Waals surface area contributed by atoms with Gasteiger partial charge in [-0.2, -0.15) is 0 Å². The van der Waals surface area contributed by atoms with E-state index < -0.39 is 0 Å². The van der Waals surface area contributed by atoms with Crippen LogP contribution < -0.4 is 0 Å². The summed E-state index contributed by atoms with van der Waals surface area (Å²) in [5.41, 5.74) is 1.18. The number of hydrogen-bond acceptors (Lipinski definition) is 2. The molecule has 0 saturated carbocycles. The third kappa shape index (κ3) is 1.15. The summed E-state index contributed by atoms with van der Waals surface area (Å²) >= 11 is 1.49. The van der Waals surface area contributed by atoms with Crippen molar-refractivity contribution in [3.8, 4) is 0 Å². The van der Waals surface area contributed by atoms with Crippen molar-refractivity contribution in [3.63, 3.8) is 0 Å². The molecule has 0 saturated heterocycles. The topological polar surface area (TPSA) is 17.1 Å². The monoisotopic (exact) mass is 139 g/mol. The van der Waals surface area contributed by atoms with Gasteiger partial charge < -0.3 is 0 Å². The standard InChI is InChI=1S/C7H7OS/c1-5-3-7(4-8)9-6(5)2/h3H,1-2H3/q+1. The second-order valence-corrected chi connectivity index (χ2v) is 3.21. The van der Waals surface area contributed by atoms with Crippen molar-refractivity contribution in [2.45, 2.75) is 13.8 Å². The highest BCUT2D eigenvalue weighted by atomic mass is 32.1. The summed E-state index contributed by atoms with van der Waals surface area (Å²) in [6, 6.07) is 1.85. The summed E-state index contributed by atoms with van der Waals surface area (Å²) in [6.45, 7) is 3.99. The summed E-state index contributed by atoms with van der Waals surface area (Å²) in [5.74, 6) is 0. The highest BCUT2D eigenvalue weighted by Gasteiger charge is 2.09. The second-order valence-electron chi connectivity index (χ2n) is 1.95. The molecule has 0 amide bonds. The van der Waals surface area contributed by atoms with Crippen LogP contribution in [-0.2, 0) is 4.79 Å². The first-order valence-electron chi connectivity index (χ1n) is 2.69. The van der Waals surface area contributed by atoms with E-state index in [1.807, 2.05) is 26.2 Å². The Hall–Kier alpha value is -0.720. The Morgan fingerprint density at radius 2 is 2.22 bits per heavy atom. The molecule has 0 spiro atoms. The normalized spacial score (nSPS) is 9.11. The lowest BCUT2D eigenvalue weighted by atomic mass is 10.3. The summed E-state index contributed by atoms with van der Waals surface area (Å²) in [6.07, 6.45) is 1.86. The smallest absolute Gasteiger partial charge is 0.0952 e. The molecule has 1 aromatic rings. The van der Waals surface area contributed by atoms with Gasteiger partial charge in [0.05, 0.1) is 0 Å². The molecular formula is C7H7OS+. The largest absolute Gasteiger partial charge is 0.376 e. The summed E-state index contributed by atoms with van der Waals surface area (Å²) in [4.78, 5) is 12.0.